The van der Waals surface area contributed by atoms with E-state index in [0.717, 1.165) is 0 Å². The third kappa shape index (κ3) is 3.52. The topological polar surface area (TPSA) is 81.1 Å². The van der Waals surface area contributed by atoms with Crippen molar-refractivity contribution in [2.45, 2.75) is 18.4 Å². The van der Waals surface area contributed by atoms with Gasteiger partial charge >= 0.3 is 0 Å². The van der Waals surface area contributed by atoms with Crippen molar-refractivity contribution in [1.29, 1.82) is 0 Å². The molecule has 0 fully saturated rings. The molecule has 0 radical (unpaired) electrons. The van der Waals surface area contributed by atoms with Gasteiger partial charge in [0.05, 0.1) is 11.4 Å². The van der Waals surface area contributed by atoms with E-state index in [4.69, 9.17) is 0 Å². The van der Waals surface area contributed by atoms with Gasteiger partial charge in [-0.1, -0.05) is 12.1 Å². The van der Waals surface area contributed by atoms with Crippen LogP contribution in [0.15, 0.2) is 47.6 Å². The lowest BCUT2D eigenvalue weighted by Crippen LogP contribution is -2.27. The molecule has 1 aromatic carbocycles. The van der Waals surface area contributed by atoms with Crippen molar-refractivity contribution in [2.24, 2.45) is 0 Å². The molecule has 0 unspecified atom stereocenters. The SMILES string of the molecule is CC(=O)c1cccc(S(=O)(=O)NCCn2cccn2)c1. The normalized spacial score (nSPS) is 11.4. The first-order valence-corrected chi connectivity index (χ1v) is 7.55. The summed E-state index contributed by atoms with van der Waals surface area (Å²) in [5, 5.41) is 3.98. The second-order valence-electron chi connectivity index (χ2n) is 4.25. The highest BCUT2D eigenvalue weighted by atomic mass is 32.2. The fourth-order valence-corrected chi connectivity index (χ4v) is 2.76. The molecule has 0 bridgehead atoms. The summed E-state index contributed by atoms with van der Waals surface area (Å²) >= 11 is 0. The van der Waals surface area contributed by atoms with Crippen molar-refractivity contribution in [2.75, 3.05) is 6.54 Å². The number of benzene rings is 1. The van der Waals surface area contributed by atoms with Crippen LogP contribution in [0.3, 0.4) is 0 Å². The van der Waals surface area contributed by atoms with E-state index in [1.165, 1.54) is 19.1 Å². The Labute approximate surface area is 117 Å². The van der Waals surface area contributed by atoms with Gasteiger partial charge in [0, 0.05) is 24.5 Å². The third-order valence-electron chi connectivity index (χ3n) is 2.74. The Morgan fingerprint density at radius 2 is 2.15 bits per heavy atom. The summed E-state index contributed by atoms with van der Waals surface area (Å²) in [5.41, 5.74) is 0.375. The molecule has 20 heavy (non-hydrogen) atoms. The van der Waals surface area contributed by atoms with Crippen LogP contribution in [0.5, 0.6) is 0 Å². The molecule has 0 atom stereocenters. The Hall–Kier alpha value is -1.99. The van der Waals surface area contributed by atoms with E-state index in [1.807, 2.05) is 0 Å². The maximum Gasteiger partial charge on any atom is 0.240 e. The standard InChI is InChI=1S/C13H15N3O3S/c1-11(17)12-4-2-5-13(10-12)20(18,19)15-7-9-16-8-3-6-14-16/h2-6,8,10,15H,7,9H2,1H3. The minimum atomic E-state index is -3.61. The first-order valence-electron chi connectivity index (χ1n) is 6.07. The number of rotatable bonds is 6. The van der Waals surface area contributed by atoms with Gasteiger partial charge in [-0.25, -0.2) is 13.1 Å². The van der Waals surface area contributed by atoms with Gasteiger partial charge in [0.1, 0.15) is 0 Å². The van der Waals surface area contributed by atoms with Crippen LogP contribution in [0.4, 0.5) is 0 Å². The summed E-state index contributed by atoms with van der Waals surface area (Å²) in [6, 6.07) is 7.75. The fraction of sp³-hybridized carbons (Fsp3) is 0.231. The van der Waals surface area contributed by atoms with Crippen LogP contribution in [0.1, 0.15) is 17.3 Å². The second-order valence-corrected chi connectivity index (χ2v) is 6.02. The van der Waals surface area contributed by atoms with E-state index in [2.05, 4.69) is 9.82 Å². The lowest BCUT2D eigenvalue weighted by Gasteiger charge is -2.07. The number of sulfonamides is 1. The molecule has 0 aliphatic rings. The van der Waals surface area contributed by atoms with E-state index >= 15 is 0 Å². The zero-order valence-corrected chi connectivity index (χ0v) is 11.8. The van der Waals surface area contributed by atoms with Gasteiger partial charge in [0.2, 0.25) is 10.0 Å². The highest BCUT2D eigenvalue weighted by Gasteiger charge is 2.14. The van der Waals surface area contributed by atoms with Crippen molar-refractivity contribution >= 4 is 15.8 Å². The molecule has 0 spiro atoms. The van der Waals surface area contributed by atoms with Gasteiger partial charge < -0.3 is 0 Å². The van der Waals surface area contributed by atoms with Gasteiger partial charge in [-0.3, -0.25) is 9.48 Å². The number of nitrogens with zero attached hydrogens (tertiary/aromatic N) is 2. The number of Topliss-reactive ketones (excluding diaryl/α,β-unsaturated/α-hetero) is 1. The minimum absolute atomic E-state index is 0.0886. The summed E-state index contributed by atoms with van der Waals surface area (Å²) in [6.07, 6.45) is 3.38. The van der Waals surface area contributed by atoms with Crippen LogP contribution in [0.25, 0.3) is 0 Å². The molecule has 1 heterocycles. The average Bonchev–Trinajstić information content (AvgIpc) is 2.92. The largest absolute Gasteiger partial charge is 0.295 e. The number of carbonyl (C=O) groups excluding carboxylic acids is 1. The van der Waals surface area contributed by atoms with Gasteiger partial charge in [-0.15, -0.1) is 0 Å². The summed E-state index contributed by atoms with van der Waals surface area (Å²) in [4.78, 5) is 11.4. The Balaban J connectivity index is 2.06. The molecule has 1 aromatic heterocycles. The Kier molecular flexibility index (Phi) is 4.31. The van der Waals surface area contributed by atoms with E-state index in [-0.39, 0.29) is 17.2 Å². The fourth-order valence-electron chi connectivity index (χ4n) is 1.69. The summed E-state index contributed by atoms with van der Waals surface area (Å²) in [6.45, 7) is 2.07. The van der Waals surface area contributed by atoms with Crippen molar-refractivity contribution in [3.8, 4) is 0 Å². The number of aromatic nitrogens is 2. The molecule has 0 saturated carbocycles. The van der Waals surface area contributed by atoms with E-state index in [1.54, 1.807) is 35.3 Å². The van der Waals surface area contributed by atoms with Gasteiger partial charge in [0.25, 0.3) is 0 Å². The molecule has 2 rings (SSSR count). The van der Waals surface area contributed by atoms with E-state index in [0.29, 0.717) is 12.1 Å². The smallest absolute Gasteiger partial charge is 0.240 e. The summed E-state index contributed by atoms with van der Waals surface area (Å²) < 4.78 is 28.3. The maximum atomic E-state index is 12.1. The predicted octanol–water partition coefficient (Wildman–Crippen LogP) is 1.06. The molecule has 106 valence electrons. The Bertz CT molecular complexity index is 693. The highest BCUT2D eigenvalue weighted by molar-refractivity contribution is 7.89. The average molecular weight is 293 g/mol. The van der Waals surface area contributed by atoms with Crippen molar-refractivity contribution in [3.63, 3.8) is 0 Å². The van der Waals surface area contributed by atoms with Crippen LogP contribution in [-0.4, -0.2) is 30.5 Å². The molecular formula is C13H15N3O3S. The predicted molar refractivity (Wildman–Crippen MR) is 73.9 cm³/mol. The molecule has 0 aliphatic heterocycles. The zero-order valence-electron chi connectivity index (χ0n) is 11.0. The molecule has 2 aromatic rings. The lowest BCUT2D eigenvalue weighted by atomic mass is 10.2. The lowest BCUT2D eigenvalue weighted by molar-refractivity contribution is 0.101. The zero-order chi connectivity index (χ0) is 14.6. The number of hydrogen-bond acceptors (Lipinski definition) is 4. The van der Waals surface area contributed by atoms with Gasteiger partial charge in [-0.2, -0.15) is 5.10 Å². The van der Waals surface area contributed by atoms with Crippen LogP contribution in [0.2, 0.25) is 0 Å². The van der Waals surface area contributed by atoms with Crippen LogP contribution < -0.4 is 4.72 Å². The van der Waals surface area contributed by atoms with Crippen LogP contribution in [0, 0.1) is 0 Å². The van der Waals surface area contributed by atoms with E-state index in [9.17, 15) is 13.2 Å². The van der Waals surface area contributed by atoms with Gasteiger partial charge in [-0.05, 0) is 25.1 Å². The van der Waals surface area contributed by atoms with Gasteiger partial charge in [0.15, 0.2) is 5.78 Å². The Morgan fingerprint density at radius 3 is 2.80 bits per heavy atom. The molecular weight excluding hydrogens is 278 g/mol. The van der Waals surface area contributed by atoms with Crippen molar-refractivity contribution in [1.82, 2.24) is 14.5 Å². The van der Waals surface area contributed by atoms with Crippen LogP contribution >= 0.6 is 0 Å². The monoisotopic (exact) mass is 293 g/mol. The van der Waals surface area contributed by atoms with Crippen molar-refractivity contribution < 1.29 is 13.2 Å². The molecule has 0 amide bonds. The molecule has 7 heteroatoms. The molecule has 0 aliphatic carbocycles. The number of ketones is 1. The highest BCUT2D eigenvalue weighted by Crippen LogP contribution is 2.11. The number of hydrogen-bond donors (Lipinski definition) is 1. The quantitative estimate of drug-likeness (QED) is 0.808. The maximum absolute atomic E-state index is 12.1. The van der Waals surface area contributed by atoms with E-state index < -0.39 is 10.0 Å². The summed E-state index contributed by atoms with van der Waals surface area (Å²) in [7, 11) is -3.61. The molecule has 6 nitrogen and oxygen atoms in total. The first kappa shape index (κ1) is 14.4. The van der Waals surface area contributed by atoms with Crippen LogP contribution in [-0.2, 0) is 16.6 Å². The molecule has 0 saturated heterocycles. The Morgan fingerprint density at radius 1 is 1.35 bits per heavy atom. The second kappa shape index (κ2) is 5.98. The van der Waals surface area contributed by atoms with Crippen molar-refractivity contribution in [3.05, 3.63) is 48.3 Å². The third-order valence-corrected chi connectivity index (χ3v) is 4.20. The number of carbonyl (C=O) groups is 1. The molecule has 1 N–H and O–H groups in total. The minimum Gasteiger partial charge on any atom is -0.295 e. The summed E-state index contributed by atoms with van der Waals surface area (Å²) in [5.74, 6) is -0.168. The first-order chi connectivity index (χ1) is 9.49. The number of nitrogens with one attached hydrogen (secondary N) is 1.